The zero-order chi connectivity index (χ0) is 14.8. The van der Waals surface area contributed by atoms with Gasteiger partial charge < -0.3 is 16.0 Å². The number of nitrogens with zero attached hydrogens (tertiary/aromatic N) is 4. The van der Waals surface area contributed by atoms with E-state index in [1.54, 1.807) is 6.33 Å². The number of nitrogens with one attached hydrogen (secondary N) is 1. The van der Waals surface area contributed by atoms with Crippen LogP contribution in [0.3, 0.4) is 0 Å². The predicted octanol–water partition coefficient (Wildman–Crippen LogP) is 0.870. The van der Waals surface area contributed by atoms with E-state index in [0.717, 1.165) is 48.6 Å². The van der Waals surface area contributed by atoms with Crippen LogP contribution in [0.25, 0.3) is 10.9 Å². The number of fused-ring (bicyclic) bond motifs is 1. The molecule has 0 bridgehead atoms. The van der Waals surface area contributed by atoms with Gasteiger partial charge in [0.25, 0.3) is 0 Å². The number of anilines is 2. The summed E-state index contributed by atoms with van der Waals surface area (Å²) in [6.07, 6.45) is 1.58. The van der Waals surface area contributed by atoms with Crippen molar-refractivity contribution in [3.63, 3.8) is 0 Å². The Kier molecular flexibility index (Phi) is 3.90. The lowest BCUT2D eigenvalue weighted by Crippen LogP contribution is -2.52. The molecule has 1 atom stereocenters. The molecular formula is C15H22N6. The Morgan fingerprint density at radius 1 is 1.29 bits per heavy atom. The highest BCUT2D eigenvalue weighted by Gasteiger charge is 2.22. The van der Waals surface area contributed by atoms with Crippen LogP contribution >= 0.6 is 0 Å². The smallest absolute Gasteiger partial charge is 0.137 e. The number of piperazine rings is 1. The van der Waals surface area contributed by atoms with Crippen LogP contribution in [0.5, 0.6) is 0 Å². The third-order valence-corrected chi connectivity index (χ3v) is 4.15. The van der Waals surface area contributed by atoms with Gasteiger partial charge in [0, 0.05) is 43.3 Å². The molecule has 1 aromatic heterocycles. The van der Waals surface area contributed by atoms with Gasteiger partial charge in [0.2, 0.25) is 0 Å². The molecule has 6 nitrogen and oxygen atoms in total. The van der Waals surface area contributed by atoms with Crippen molar-refractivity contribution in [1.29, 1.82) is 0 Å². The first-order chi connectivity index (χ1) is 10.1. The Bertz CT molecular complexity index is 629. The quantitative estimate of drug-likeness (QED) is 0.816. The van der Waals surface area contributed by atoms with Crippen molar-refractivity contribution in [3.05, 3.63) is 24.5 Å². The van der Waals surface area contributed by atoms with Crippen LogP contribution in [0.15, 0.2) is 24.5 Å². The summed E-state index contributed by atoms with van der Waals surface area (Å²) in [5, 5.41) is 4.48. The number of rotatable bonds is 3. The molecular weight excluding hydrogens is 264 g/mol. The molecule has 1 aliphatic rings. The summed E-state index contributed by atoms with van der Waals surface area (Å²) in [6, 6.07) is 6.23. The van der Waals surface area contributed by atoms with Crippen LogP contribution in [0, 0.1) is 0 Å². The van der Waals surface area contributed by atoms with Crippen LogP contribution < -0.4 is 11.1 Å². The van der Waals surface area contributed by atoms with Gasteiger partial charge in [-0.2, -0.15) is 0 Å². The molecule has 2 aromatic rings. The van der Waals surface area contributed by atoms with Gasteiger partial charge in [0.1, 0.15) is 12.1 Å². The van der Waals surface area contributed by atoms with Crippen molar-refractivity contribution in [2.75, 3.05) is 51.3 Å². The van der Waals surface area contributed by atoms with Gasteiger partial charge in [-0.1, -0.05) is 0 Å². The first-order valence-electron chi connectivity index (χ1n) is 7.26. The van der Waals surface area contributed by atoms with E-state index >= 15 is 0 Å². The molecule has 0 aliphatic carbocycles. The van der Waals surface area contributed by atoms with E-state index in [0.29, 0.717) is 6.04 Å². The fourth-order valence-corrected chi connectivity index (χ4v) is 2.75. The summed E-state index contributed by atoms with van der Waals surface area (Å²) >= 11 is 0. The lowest BCUT2D eigenvalue weighted by atomic mass is 10.1. The summed E-state index contributed by atoms with van der Waals surface area (Å²) in [7, 11) is 4.35. The minimum absolute atomic E-state index is 0.488. The first-order valence-corrected chi connectivity index (χ1v) is 7.26. The SMILES string of the molecule is CN1CCN(C)C(CNc2ncnc3cc(N)ccc23)C1. The standard InChI is InChI=1S/C15H22N6/c1-20-5-6-21(2)12(9-20)8-17-15-13-4-3-11(16)7-14(13)18-10-19-15/h3-4,7,10,12H,5-6,8-9,16H2,1-2H3,(H,17,18,19). The van der Waals surface area contributed by atoms with Crippen LogP contribution in [-0.4, -0.2) is 66.1 Å². The molecule has 1 fully saturated rings. The van der Waals surface area contributed by atoms with Gasteiger partial charge in [-0.3, -0.25) is 4.90 Å². The van der Waals surface area contributed by atoms with Gasteiger partial charge in [-0.05, 0) is 32.3 Å². The number of likely N-dealkylation sites (N-methyl/N-ethyl adjacent to an activating group) is 2. The van der Waals surface area contributed by atoms with E-state index in [1.807, 2.05) is 18.2 Å². The van der Waals surface area contributed by atoms with Crippen molar-refractivity contribution in [2.45, 2.75) is 6.04 Å². The molecule has 1 unspecified atom stereocenters. The zero-order valence-corrected chi connectivity index (χ0v) is 12.6. The second kappa shape index (κ2) is 5.83. The largest absolute Gasteiger partial charge is 0.399 e. The number of hydrogen-bond acceptors (Lipinski definition) is 6. The number of nitrogen functional groups attached to an aromatic ring is 1. The number of nitrogens with two attached hydrogens (primary N) is 1. The van der Waals surface area contributed by atoms with Crippen molar-refractivity contribution >= 4 is 22.4 Å². The van der Waals surface area contributed by atoms with Crippen LogP contribution in [0.2, 0.25) is 0 Å². The molecule has 0 amide bonds. The Morgan fingerprint density at radius 3 is 3.00 bits per heavy atom. The molecule has 0 saturated carbocycles. The highest BCUT2D eigenvalue weighted by Crippen LogP contribution is 2.21. The highest BCUT2D eigenvalue weighted by molar-refractivity contribution is 5.90. The molecule has 2 heterocycles. The molecule has 21 heavy (non-hydrogen) atoms. The van der Waals surface area contributed by atoms with Gasteiger partial charge in [0.15, 0.2) is 0 Å². The van der Waals surface area contributed by atoms with E-state index < -0.39 is 0 Å². The minimum Gasteiger partial charge on any atom is -0.399 e. The van der Waals surface area contributed by atoms with E-state index in [4.69, 9.17) is 5.73 Å². The molecule has 3 rings (SSSR count). The number of benzene rings is 1. The maximum atomic E-state index is 5.81. The molecule has 112 valence electrons. The average Bonchev–Trinajstić information content (AvgIpc) is 2.47. The summed E-state index contributed by atoms with van der Waals surface area (Å²) in [6.45, 7) is 4.17. The molecule has 1 saturated heterocycles. The number of hydrogen-bond donors (Lipinski definition) is 2. The van der Waals surface area contributed by atoms with Gasteiger partial charge in [0.05, 0.1) is 5.52 Å². The van der Waals surface area contributed by atoms with Gasteiger partial charge in [-0.25, -0.2) is 9.97 Å². The highest BCUT2D eigenvalue weighted by atomic mass is 15.3. The topological polar surface area (TPSA) is 70.3 Å². The molecule has 6 heteroatoms. The van der Waals surface area contributed by atoms with Crippen molar-refractivity contribution in [3.8, 4) is 0 Å². The zero-order valence-electron chi connectivity index (χ0n) is 12.6. The summed E-state index contributed by atoms with van der Waals surface area (Å²) < 4.78 is 0. The Morgan fingerprint density at radius 2 is 2.14 bits per heavy atom. The van der Waals surface area contributed by atoms with E-state index in [2.05, 4.69) is 39.2 Å². The van der Waals surface area contributed by atoms with Gasteiger partial charge >= 0.3 is 0 Å². The van der Waals surface area contributed by atoms with E-state index in [1.165, 1.54) is 0 Å². The van der Waals surface area contributed by atoms with Crippen molar-refractivity contribution in [1.82, 2.24) is 19.8 Å². The van der Waals surface area contributed by atoms with Crippen molar-refractivity contribution < 1.29 is 0 Å². The lowest BCUT2D eigenvalue weighted by Gasteiger charge is -2.37. The number of aromatic nitrogens is 2. The second-order valence-corrected chi connectivity index (χ2v) is 5.78. The fourth-order valence-electron chi connectivity index (χ4n) is 2.75. The first kappa shape index (κ1) is 14.0. The Labute approximate surface area is 125 Å². The van der Waals surface area contributed by atoms with Crippen LogP contribution in [0.1, 0.15) is 0 Å². The van der Waals surface area contributed by atoms with Crippen LogP contribution in [-0.2, 0) is 0 Å². The van der Waals surface area contributed by atoms with Crippen LogP contribution in [0.4, 0.5) is 11.5 Å². The maximum absolute atomic E-state index is 5.81. The molecule has 0 spiro atoms. The summed E-state index contributed by atoms with van der Waals surface area (Å²) in [5.41, 5.74) is 7.40. The average molecular weight is 286 g/mol. The third-order valence-electron chi connectivity index (χ3n) is 4.15. The summed E-state index contributed by atoms with van der Waals surface area (Å²) in [5.74, 6) is 0.877. The molecule has 1 aliphatic heterocycles. The minimum atomic E-state index is 0.488. The predicted molar refractivity (Wildman–Crippen MR) is 86.4 cm³/mol. The monoisotopic (exact) mass is 286 g/mol. The Balaban J connectivity index is 1.76. The van der Waals surface area contributed by atoms with Crippen molar-refractivity contribution in [2.24, 2.45) is 0 Å². The maximum Gasteiger partial charge on any atom is 0.137 e. The normalized spacial score (nSPS) is 20.8. The Hall–Kier alpha value is -1.92. The molecule has 0 radical (unpaired) electrons. The van der Waals surface area contributed by atoms with E-state index in [9.17, 15) is 0 Å². The fraction of sp³-hybridized carbons (Fsp3) is 0.467. The third kappa shape index (κ3) is 3.06. The summed E-state index contributed by atoms with van der Waals surface area (Å²) in [4.78, 5) is 13.4. The molecule has 1 aromatic carbocycles. The lowest BCUT2D eigenvalue weighted by molar-refractivity contribution is 0.122. The molecule has 3 N–H and O–H groups in total. The van der Waals surface area contributed by atoms with Gasteiger partial charge in [-0.15, -0.1) is 0 Å². The van der Waals surface area contributed by atoms with E-state index in [-0.39, 0.29) is 0 Å². The second-order valence-electron chi connectivity index (χ2n) is 5.78.